The predicted molar refractivity (Wildman–Crippen MR) is 101 cm³/mol. The molecule has 0 unspecified atom stereocenters. The van der Waals surface area contributed by atoms with Crippen LogP contribution >= 0.6 is 0 Å². The van der Waals surface area contributed by atoms with Gasteiger partial charge in [0.2, 0.25) is 0 Å². The lowest BCUT2D eigenvalue weighted by Crippen LogP contribution is -2.40. The summed E-state index contributed by atoms with van der Waals surface area (Å²) >= 11 is 0. The molecule has 1 fully saturated rings. The molecule has 0 aliphatic heterocycles. The molecule has 0 spiro atoms. The fraction of sp³-hybridized carbons (Fsp3) is 0.316. The van der Waals surface area contributed by atoms with Crippen molar-refractivity contribution >= 4 is 23.0 Å². The van der Waals surface area contributed by atoms with Crippen molar-refractivity contribution in [3.63, 3.8) is 0 Å². The van der Waals surface area contributed by atoms with Gasteiger partial charge >= 0.3 is 0 Å². The Hall–Kier alpha value is -2.93. The van der Waals surface area contributed by atoms with Gasteiger partial charge in [0.05, 0.1) is 4.92 Å². The molecule has 0 heterocycles. The molecule has 4 N–H and O–H groups in total. The summed E-state index contributed by atoms with van der Waals surface area (Å²) in [5.41, 5.74) is 7.12. The quantitative estimate of drug-likeness (QED) is 0.563. The normalized spacial score (nSPS) is 19.6. The number of carbonyl (C=O) groups is 1. The van der Waals surface area contributed by atoms with Crippen molar-refractivity contribution in [2.24, 2.45) is 5.73 Å². The second kappa shape index (κ2) is 7.97. The molecule has 7 heteroatoms. The van der Waals surface area contributed by atoms with Gasteiger partial charge in [-0.25, -0.2) is 0 Å². The second-order valence-corrected chi connectivity index (χ2v) is 6.57. The van der Waals surface area contributed by atoms with Gasteiger partial charge in [-0.3, -0.25) is 14.9 Å². The van der Waals surface area contributed by atoms with Crippen LogP contribution in [0.25, 0.3) is 0 Å². The highest BCUT2D eigenvalue weighted by atomic mass is 16.6. The second-order valence-electron chi connectivity index (χ2n) is 6.57. The molecule has 0 aromatic heterocycles. The molecule has 1 saturated carbocycles. The maximum atomic E-state index is 12.5. The van der Waals surface area contributed by atoms with E-state index in [2.05, 4.69) is 10.6 Å². The van der Waals surface area contributed by atoms with Crippen LogP contribution < -0.4 is 16.4 Å². The number of nitro benzene ring substituents is 1. The Morgan fingerprint density at radius 3 is 2.42 bits per heavy atom. The average molecular weight is 354 g/mol. The molecule has 1 aliphatic rings. The number of benzene rings is 2. The van der Waals surface area contributed by atoms with E-state index in [-0.39, 0.29) is 29.2 Å². The van der Waals surface area contributed by atoms with Crippen LogP contribution in [0.3, 0.4) is 0 Å². The highest BCUT2D eigenvalue weighted by molar-refractivity contribution is 5.96. The van der Waals surface area contributed by atoms with Gasteiger partial charge in [-0.1, -0.05) is 18.2 Å². The summed E-state index contributed by atoms with van der Waals surface area (Å²) in [6.07, 6.45) is 3.43. The zero-order valence-electron chi connectivity index (χ0n) is 14.4. The number of nitrogens with zero attached hydrogens (tertiary/aromatic N) is 1. The number of amides is 1. The lowest BCUT2D eigenvalue weighted by Gasteiger charge is -2.26. The molecule has 0 radical (unpaired) electrons. The topological polar surface area (TPSA) is 110 Å². The minimum Gasteiger partial charge on any atom is -0.350 e. The van der Waals surface area contributed by atoms with Gasteiger partial charge < -0.3 is 16.4 Å². The van der Waals surface area contributed by atoms with Crippen molar-refractivity contribution in [1.29, 1.82) is 0 Å². The van der Waals surface area contributed by atoms with Crippen LogP contribution in [-0.2, 0) is 0 Å². The average Bonchev–Trinajstić information content (AvgIpc) is 2.64. The van der Waals surface area contributed by atoms with Crippen molar-refractivity contribution < 1.29 is 9.72 Å². The molecule has 7 nitrogen and oxygen atoms in total. The zero-order valence-corrected chi connectivity index (χ0v) is 14.4. The van der Waals surface area contributed by atoms with E-state index in [1.54, 1.807) is 12.1 Å². The molecule has 2 aromatic rings. The number of carbonyl (C=O) groups excluding carboxylic acids is 1. The lowest BCUT2D eigenvalue weighted by molar-refractivity contribution is -0.383. The van der Waals surface area contributed by atoms with Gasteiger partial charge in [0.1, 0.15) is 5.69 Å². The Kier molecular flexibility index (Phi) is 5.48. The molecule has 26 heavy (non-hydrogen) atoms. The number of para-hydroxylation sites is 1. The van der Waals surface area contributed by atoms with E-state index >= 15 is 0 Å². The third-order valence-corrected chi connectivity index (χ3v) is 4.62. The van der Waals surface area contributed by atoms with E-state index in [0.29, 0.717) is 5.69 Å². The van der Waals surface area contributed by atoms with Crippen molar-refractivity contribution in [2.45, 2.75) is 37.8 Å². The molecular formula is C19H22N4O3. The smallest absolute Gasteiger partial charge is 0.293 e. The number of nitrogens with two attached hydrogens (primary N) is 1. The third kappa shape index (κ3) is 4.37. The SMILES string of the molecule is NC1CCC(NC(=O)c2ccc(Nc3ccccc3)c([N+](=O)[O-])c2)CC1. The van der Waals surface area contributed by atoms with Gasteiger partial charge in [0.15, 0.2) is 0 Å². The summed E-state index contributed by atoms with van der Waals surface area (Å²) in [6.45, 7) is 0. The van der Waals surface area contributed by atoms with Gasteiger partial charge in [-0.15, -0.1) is 0 Å². The van der Waals surface area contributed by atoms with E-state index in [4.69, 9.17) is 5.73 Å². The Morgan fingerprint density at radius 2 is 1.77 bits per heavy atom. The van der Waals surface area contributed by atoms with Gasteiger partial charge in [-0.05, 0) is 49.9 Å². The number of anilines is 2. The van der Waals surface area contributed by atoms with Crippen molar-refractivity contribution in [3.05, 3.63) is 64.2 Å². The Bertz CT molecular complexity index is 787. The zero-order chi connectivity index (χ0) is 18.5. The number of rotatable bonds is 5. The highest BCUT2D eigenvalue weighted by Crippen LogP contribution is 2.29. The summed E-state index contributed by atoms with van der Waals surface area (Å²) in [6, 6.07) is 13.9. The molecule has 0 atom stereocenters. The molecule has 1 amide bonds. The van der Waals surface area contributed by atoms with Crippen molar-refractivity contribution in [2.75, 3.05) is 5.32 Å². The molecule has 0 saturated heterocycles. The van der Waals surface area contributed by atoms with Crippen LogP contribution in [-0.4, -0.2) is 22.9 Å². The first kappa shape index (κ1) is 17.9. The maximum Gasteiger partial charge on any atom is 0.293 e. The first-order valence-corrected chi connectivity index (χ1v) is 8.70. The van der Waals surface area contributed by atoms with Crippen molar-refractivity contribution in [3.8, 4) is 0 Å². The Balaban J connectivity index is 1.75. The fourth-order valence-corrected chi connectivity index (χ4v) is 3.14. The van der Waals surface area contributed by atoms with Crippen LogP contribution in [0.5, 0.6) is 0 Å². The number of nitro groups is 1. The molecule has 136 valence electrons. The lowest BCUT2D eigenvalue weighted by atomic mass is 9.91. The minimum atomic E-state index is -0.484. The monoisotopic (exact) mass is 354 g/mol. The summed E-state index contributed by atoms with van der Waals surface area (Å²) in [4.78, 5) is 23.4. The first-order chi connectivity index (χ1) is 12.5. The van der Waals surface area contributed by atoms with Gasteiger partial charge in [-0.2, -0.15) is 0 Å². The van der Waals surface area contributed by atoms with Crippen LogP contribution in [0, 0.1) is 10.1 Å². The first-order valence-electron chi connectivity index (χ1n) is 8.70. The van der Waals surface area contributed by atoms with E-state index in [9.17, 15) is 14.9 Å². The van der Waals surface area contributed by atoms with E-state index in [0.717, 1.165) is 31.4 Å². The molecular weight excluding hydrogens is 332 g/mol. The predicted octanol–water partition coefficient (Wildman–Crippen LogP) is 3.34. The summed E-state index contributed by atoms with van der Waals surface area (Å²) in [5.74, 6) is -0.292. The largest absolute Gasteiger partial charge is 0.350 e. The molecule has 1 aliphatic carbocycles. The van der Waals surface area contributed by atoms with Crippen LogP contribution in [0.4, 0.5) is 17.1 Å². The van der Waals surface area contributed by atoms with E-state index in [1.165, 1.54) is 6.07 Å². The summed E-state index contributed by atoms with van der Waals surface area (Å²) in [7, 11) is 0. The number of hydrogen-bond donors (Lipinski definition) is 3. The standard InChI is InChI=1S/C19H22N4O3/c20-14-7-9-16(10-8-14)22-19(24)13-6-11-17(18(12-13)23(25)26)21-15-4-2-1-3-5-15/h1-6,11-12,14,16,21H,7-10,20H2,(H,22,24). The third-order valence-electron chi connectivity index (χ3n) is 4.62. The summed E-state index contributed by atoms with van der Waals surface area (Å²) in [5, 5.41) is 17.4. The molecule has 0 bridgehead atoms. The summed E-state index contributed by atoms with van der Waals surface area (Å²) < 4.78 is 0. The highest BCUT2D eigenvalue weighted by Gasteiger charge is 2.22. The molecule has 3 rings (SSSR count). The fourth-order valence-electron chi connectivity index (χ4n) is 3.14. The van der Waals surface area contributed by atoms with Gasteiger partial charge in [0.25, 0.3) is 11.6 Å². The number of nitrogens with one attached hydrogen (secondary N) is 2. The minimum absolute atomic E-state index is 0.0727. The Morgan fingerprint density at radius 1 is 1.08 bits per heavy atom. The van der Waals surface area contributed by atoms with Crippen LogP contribution in [0.15, 0.2) is 48.5 Å². The van der Waals surface area contributed by atoms with E-state index in [1.807, 2.05) is 30.3 Å². The van der Waals surface area contributed by atoms with Crippen molar-refractivity contribution in [1.82, 2.24) is 5.32 Å². The van der Waals surface area contributed by atoms with Crippen LogP contribution in [0.2, 0.25) is 0 Å². The maximum absolute atomic E-state index is 12.5. The van der Waals surface area contributed by atoms with Gasteiger partial charge in [0, 0.05) is 29.4 Å². The Labute approximate surface area is 151 Å². The van der Waals surface area contributed by atoms with E-state index < -0.39 is 4.92 Å². The number of hydrogen-bond acceptors (Lipinski definition) is 5. The molecule has 2 aromatic carbocycles. The van der Waals surface area contributed by atoms with Crippen LogP contribution in [0.1, 0.15) is 36.0 Å².